The van der Waals surface area contributed by atoms with E-state index in [1.807, 2.05) is 31.6 Å². The third kappa shape index (κ3) is 2.66. The Bertz CT molecular complexity index is 794. The molecule has 0 radical (unpaired) electrons. The second-order valence-electron chi connectivity index (χ2n) is 6.58. The maximum Gasteiger partial charge on any atom is 0.178 e. The van der Waals surface area contributed by atoms with Crippen LogP contribution in [0.3, 0.4) is 0 Å². The minimum atomic E-state index is -0.111. The topological polar surface area (TPSA) is 72.9 Å². The Labute approximate surface area is 129 Å². The molecule has 1 unspecified atom stereocenters. The van der Waals surface area contributed by atoms with Gasteiger partial charge < -0.3 is 5.32 Å². The van der Waals surface area contributed by atoms with Crippen LogP contribution < -0.4 is 5.32 Å². The molecule has 3 aromatic rings. The summed E-state index contributed by atoms with van der Waals surface area (Å²) >= 11 is 0. The van der Waals surface area contributed by atoms with E-state index < -0.39 is 0 Å². The minimum absolute atomic E-state index is 0.111. The van der Waals surface area contributed by atoms with Gasteiger partial charge in [-0.1, -0.05) is 20.8 Å². The monoisotopic (exact) mass is 299 g/mol. The van der Waals surface area contributed by atoms with E-state index in [0.717, 1.165) is 22.9 Å². The van der Waals surface area contributed by atoms with Gasteiger partial charge in [-0.15, -0.1) is 15.3 Å². The summed E-state index contributed by atoms with van der Waals surface area (Å²) in [6.07, 6.45) is 3.85. The van der Waals surface area contributed by atoms with Gasteiger partial charge in [0.15, 0.2) is 11.5 Å². The lowest BCUT2D eigenvalue weighted by molar-refractivity contribution is 0.527. The fraction of sp³-hybridized carbons (Fsp3) is 0.467. The molecule has 3 heterocycles. The van der Waals surface area contributed by atoms with Crippen molar-refractivity contribution in [2.24, 2.45) is 7.05 Å². The number of aromatic nitrogens is 6. The number of fused-ring (bicyclic) bond motifs is 1. The van der Waals surface area contributed by atoms with Crippen molar-refractivity contribution in [3.8, 4) is 0 Å². The molecule has 22 heavy (non-hydrogen) atoms. The zero-order chi connectivity index (χ0) is 15.9. The normalized spacial score (nSPS) is 13.5. The van der Waals surface area contributed by atoms with Crippen molar-refractivity contribution in [3.05, 3.63) is 35.9 Å². The van der Waals surface area contributed by atoms with E-state index in [-0.39, 0.29) is 11.5 Å². The Balaban J connectivity index is 1.91. The molecule has 0 saturated heterocycles. The number of hydrogen-bond donors (Lipinski definition) is 1. The van der Waals surface area contributed by atoms with Crippen molar-refractivity contribution in [3.63, 3.8) is 0 Å². The predicted molar refractivity (Wildman–Crippen MR) is 84.7 cm³/mol. The Morgan fingerprint density at radius 2 is 1.95 bits per heavy atom. The SMILES string of the molecule is CC(Nc1ccc2nnc(C(C)(C)C)n2n1)c1cnn(C)c1. The first-order valence-electron chi connectivity index (χ1n) is 7.32. The maximum absolute atomic E-state index is 4.63. The van der Waals surface area contributed by atoms with Crippen molar-refractivity contribution in [1.82, 2.24) is 29.6 Å². The van der Waals surface area contributed by atoms with Crippen molar-refractivity contribution in [2.75, 3.05) is 5.32 Å². The Hall–Kier alpha value is -2.44. The number of nitrogens with one attached hydrogen (secondary N) is 1. The summed E-state index contributed by atoms with van der Waals surface area (Å²) < 4.78 is 3.60. The Kier molecular flexibility index (Phi) is 3.35. The van der Waals surface area contributed by atoms with E-state index in [1.165, 1.54) is 0 Å². The molecule has 0 aliphatic carbocycles. The number of hydrogen-bond acceptors (Lipinski definition) is 5. The summed E-state index contributed by atoms with van der Waals surface area (Å²) in [6.45, 7) is 8.39. The van der Waals surface area contributed by atoms with Gasteiger partial charge >= 0.3 is 0 Å². The summed E-state index contributed by atoms with van der Waals surface area (Å²) in [4.78, 5) is 0. The highest BCUT2D eigenvalue weighted by atomic mass is 15.4. The van der Waals surface area contributed by atoms with E-state index in [2.05, 4.69) is 53.4 Å². The average Bonchev–Trinajstić information content (AvgIpc) is 3.03. The first-order valence-corrected chi connectivity index (χ1v) is 7.32. The summed E-state index contributed by atoms with van der Waals surface area (Å²) in [5.74, 6) is 1.63. The molecule has 7 nitrogen and oxygen atoms in total. The van der Waals surface area contributed by atoms with Crippen molar-refractivity contribution in [2.45, 2.75) is 39.2 Å². The fourth-order valence-corrected chi connectivity index (χ4v) is 2.30. The summed E-state index contributed by atoms with van der Waals surface area (Å²) in [5.41, 5.74) is 1.76. The van der Waals surface area contributed by atoms with E-state index in [1.54, 1.807) is 9.20 Å². The molecule has 0 saturated carbocycles. The summed E-state index contributed by atoms with van der Waals surface area (Å²) in [5, 5.41) is 20.7. The van der Waals surface area contributed by atoms with Crippen LogP contribution in [0.2, 0.25) is 0 Å². The van der Waals surface area contributed by atoms with Crippen LogP contribution in [-0.4, -0.2) is 29.6 Å². The third-order valence-corrected chi connectivity index (χ3v) is 3.52. The molecule has 1 N–H and O–H groups in total. The van der Waals surface area contributed by atoms with Crippen LogP contribution in [0, 0.1) is 0 Å². The van der Waals surface area contributed by atoms with Gasteiger partial charge in [0.25, 0.3) is 0 Å². The molecule has 3 rings (SSSR count). The molecular weight excluding hydrogens is 278 g/mol. The highest BCUT2D eigenvalue weighted by Gasteiger charge is 2.22. The number of rotatable bonds is 3. The van der Waals surface area contributed by atoms with Crippen molar-refractivity contribution < 1.29 is 0 Å². The van der Waals surface area contributed by atoms with Crippen LogP contribution in [-0.2, 0) is 12.5 Å². The molecular formula is C15H21N7. The molecule has 7 heteroatoms. The quantitative estimate of drug-likeness (QED) is 0.803. The lowest BCUT2D eigenvalue weighted by atomic mass is 9.96. The third-order valence-electron chi connectivity index (χ3n) is 3.52. The van der Waals surface area contributed by atoms with E-state index >= 15 is 0 Å². The molecule has 116 valence electrons. The second-order valence-corrected chi connectivity index (χ2v) is 6.58. The Morgan fingerprint density at radius 1 is 1.18 bits per heavy atom. The van der Waals surface area contributed by atoms with Crippen LogP contribution in [0.1, 0.15) is 45.1 Å². The van der Waals surface area contributed by atoms with Crippen LogP contribution in [0.25, 0.3) is 5.65 Å². The first kappa shape index (κ1) is 14.5. The van der Waals surface area contributed by atoms with Gasteiger partial charge in [0.2, 0.25) is 0 Å². The molecule has 0 bridgehead atoms. The van der Waals surface area contributed by atoms with Gasteiger partial charge in [-0.05, 0) is 19.1 Å². The summed E-state index contributed by atoms with van der Waals surface area (Å²) in [6, 6.07) is 3.96. The number of nitrogens with zero attached hydrogens (tertiary/aromatic N) is 6. The average molecular weight is 299 g/mol. The van der Waals surface area contributed by atoms with Gasteiger partial charge in [0, 0.05) is 24.2 Å². The lowest BCUT2D eigenvalue weighted by Gasteiger charge is -2.16. The molecule has 0 aliphatic rings. The largest absolute Gasteiger partial charge is 0.362 e. The molecule has 0 spiro atoms. The number of anilines is 1. The molecule has 3 aromatic heterocycles. The fourth-order valence-electron chi connectivity index (χ4n) is 2.30. The van der Waals surface area contributed by atoms with Gasteiger partial charge in [0.05, 0.1) is 12.2 Å². The second kappa shape index (κ2) is 5.08. The van der Waals surface area contributed by atoms with Gasteiger partial charge in [-0.25, -0.2) is 0 Å². The molecule has 0 amide bonds. The highest BCUT2D eigenvalue weighted by molar-refractivity contribution is 5.45. The zero-order valence-electron chi connectivity index (χ0n) is 13.6. The molecule has 0 aliphatic heterocycles. The van der Waals surface area contributed by atoms with Crippen LogP contribution >= 0.6 is 0 Å². The van der Waals surface area contributed by atoms with Gasteiger partial charge in [-0.3, -0.25) is 4.68 Å². The first-order chi connectivity index (χ1) is 10.3. The highest BCUT2D eigenvalue weighted by Crippen LogP contribution is 2.22. The number of aryl methyl sites for hydroxylation is 1. The van der Waals surface area contributed by atoms with E-state index in [9.17, 15) is 0 Å². The molecule has 1 atom stereocenters. The zero-order valence-corrected chi connectivity index (χ0v) is 13.6. The van der Waals surface area contributed by atoms with E-state index in [4.69, 9.17) is 0 Å². The predicted octanol–water partition coefficient (Wildman–Crippen LogP) is 2.33. The van der Waals surface area contributed by atoms with Crippen molar-refractivity contribution >= 4 is 11.5 Å². The standard InChI is InChI=1S/C15H21N7/c1-10(11-8-16-21(5)9-11)17-12-6-7-13-18-19-14(15(2,3)4)22(13)20-12/h6-10H,1-5H3,(H,17,20). The maximum atomic E-state index is 4.63. The van der Waals surface area contributed by atoms with Crippen molar-refractivity contribution in [1.29, 1.82) is 0 Å². The smallest absolute Gasteiger partial charge is 0.178 e. The Morgan fingerprint density at radius 3 is 2.59 bits per heavy atom. The molecule has 0 aromatic carbocycles. The van der Waals surface area contributed by atoms with Gasteiger partial charge in [0.1, 0.15) is 5.82 Å². The lowest BCUT2D eigenvalue weighted by Crippen LogP contribution is -2.18. The van der Waals surface area contributed by atoms with Crippen LogP contribution in [0.4, 0.5) is 5.82 Å². The van der Waals surface area contributed by atoms with Crippen LogP contribution in [0.15, 0.2) is 24.5 Å². The summed E-state index contributed by atoms with van der Waals surface area (Å²) in [7, 11) is 1.91. The minimum Gasteiger partial charge on any atom is -0.362 e. The molecule has 0 fully saturated rings. The van der Waals surface area contributed by atoms with E-state index in [0.29, 0.717) is 0 Å². The van der Waals surface area contributed by atoms with Gasteiger partial charge in [-0.2, -0.15) is 9.61 Å². The van der Waals surface area contributed by atoms with Crippen LogP contribution in [0.5, 0.6) is 0 Å².